The molecule has 0 unspecified atom stereocenters. The second kappa shape index (κ2) is 4.85. The van der Waals surface area contributed by atoms with Crippen LogP contribution in [0.5, 0.6) is 5.75 Å². The fraction of sp³-hybridized carbons (Fsp3) is 0.364. The van der Waals surface area contributed by atoms with Crippen molar-refractivity contribution in [1.82, 2.24) is 0 Å². The zero-order valence-corrected chi connectivity index (χ0v) is 8.97. The number of aromatic hydroxyl groups is 1. The lowest BCUT2D eigenvalue weighted by Crippen LogP contribution is -2.36. The molecule has 16 heavy (non-hydrogen) atoms. The van der Waals surface area contributed by atoms with Crippen LogP contribution in [-0.2, 0) is 4.74 Å². The van der Waals surface area contributed by atoms with E-state index in [0.29, 0.717) is 5.56 Å². The van der Waals surface area contributed by atoms with E-state index in [2.05, 4.69) is 10.0 Å². The van der Waals surface area contributed by atoms with Crippen molar-refractivity contribution >= 4 is 11.9 Å². The molecule has 1 fully saturated rings. The quantitative estimate of drug-likeness (QED) is 0.434. The van der Waals surface area contributed by atoms with E-state index in [4.69, 9.17) is 10.6 Å². The van der Waals surface area contributed by atoms with E-state index in [0.717, 1.165) is 32.0 Å². The molecule has 5 heteroatoms. The topological polar surface area (TPSA) is 71.1 Å². The van der Waals surface area contributed by atoms with Gasteiger partial charge in [-0.3, -0.25) is 0 Å². The number of phenols is 1. The molecule has 5 nitrogen and oxygen atoms in total. The molecule has 0 aromatic heterocycles. The zero-order chi connectivity index (χ0) is 11.4. The molecule has 0 spiro atoms. The van der Waals surface area contributed by atoms with Gasteiger partial charge >= 0.3 is 0 Å². The summed E-state index contributed by atoms with van der Waals surface area (Å²) in [7, 11) is 0. The smallest absolute Gasteiger partial charge is 0.126 e. The molecular weight excluding hydrogens is 206 g/mol. The maximum Gasteiger partial charge on any atom is 0.126 e. The van der Waals surface area contributed by atoms with E-state index < -0.39 is 0 Å². The molecule has 0 amide bonds. The highest BCUT2D eigenvalue weighted by molar-refractivity contribution is 5.84. The van der Waals surface area contributed by atoms with Crippen LogP contribution in [0.1, 0.15) is 5.56 Å². The van der Waals surface area contributed by atoms with Crippen LogP contribution in [0.25, 0.3) is 0 Å². The molecule has 3 N–H and O–H groups in total. The van der Waals surface area contributed by atoms with Gasteiger partial charge in [0.05, 0.1) is 19.4 Å². The molecule has 1 aliphatic rings. The third-order valence-electron chi connectivity index (χ3n) is 2.60. The number of ether oxygens (including phenoxy) is 1. The number of morpholine rings is 1. The number of hydrogen-bond acceptors (Lipinski definition) is 5. The summed E-state index contributed by atoms with van der Waals surface area (Å²) in [5.74, 6) is 5.23. The van der Waals surface area contributed by atoms with Crippen molar-refractivity contribution in [3.63, 3.8) is 0 Å². The predicted octanol–water partition coefficient (Wildman–Crippen LogP) is 0.521. The monoisotopic (exact) mass is 221 g/mol. The molecular formula is C11H15N3O2. The van der Waals surface area contributed by atoms with Crippen LogP contribution in [0.4, 0.5) is 5.69 Å². The average molecular weight is 221 g/mol. The second-order valence-electron chi connectivity index (χ2n) is 3.62. The molecule has 1 aromatic carbocycles. The van der Waals surface area contributed by atoms with E-state index in [9.17, 15) is 5.11 Å². The van der Waals surface area contributed by atoms with Gasteiger partial charge in [0.2, 0.25) is 0 Å². The summed E-state index contributed by atoms with van der Waals surface area (Å²) in [4.78, 5) is 2.17. The summed E-state index contributed by atoms with van der Waals surface area (Å²) < 4.78 is 5.27. The summed E-state index contributed by atoms with van der Waals surface area (Å²) in [5.41, 5.74) is 1.62. The average Bonchev–Trinajstić information content (AvgIpc) is 2.33. The van der Waals surface area contributed by atoms with E-state index in [1.807, 2.05) is 6.07 Å². The number of anilines is 1. The van der Waals surface area contributed by atoms with Gasteiger partial charge in [0.15, 0.2) is 0 Å². The van der Waals surface area contributed by atoms with E-state index in [-0.39, 0.29) is 5.75 Å². The van der Waals surface area contributed by atoms with Crippen molar-refractivity contribution in [2.45, 2.75) is 0 Å². The predicted molar refractivity (Wildman–Crippen MR) is 62.9 cm³/mol. The van der Waals surface area contributed by atoms with Crippen LogP contribution >= 0.6 is 0 Å². The first-order valence-corrected chi connectivity index (χ1v) is 5.20. The number of rotatable bonds is 2. The summed E-state index contributed by atoms with van der Waals surface area (Å²) in [5, 5.41) is 13.1. The summed E-state index contributed by atoms with van der Waals surface area (Å²) in [6.07, 6.45) is 1.43. The van der Waals surface area contributed by atoms with Gasteiger partial charge in [-0.2, -0.15) is 5.10 Å². The van der Waals surface area contributed by atoms with Crippen LogP contribution in [0, 0.1) is 0 Å². The molecule has 0 aliphatic carbocycles. The minimum absolute atomic E-state index is 0.193. The Morgan fingerprint density at radius 2 is 2.12 bits per heavy atom. The Hall–Kier alpha value is -1.75. The first-order valence-electron chi connectivity index (χ1n) is 5.20. The molecule has 0 saturated carbocycles. The van der Waals surface area contributed by atoms with Crippen LogP contribution in [-0.4, -0.2) is 37.6 Å². The standard InChI is InChI=1S/C11H15N3O2/c12-13-8-9-1-2-10(7-11(9)15)14-3-5-16-6-4-14/h1-2,7-8,15H,3-6,12H2. The number of nitrogens with zero attached hydrogens (tertiary/aromatic N) is 2. The van der Waals surface area contributed by atoms with Gasteiger partial charge in [-0.1, -0.05) is 0 Å². The maximum atomic E-state index is 9.75. The molecule has 0 bridgehead atoms. The number of nitrogens with two attached hydrogens (primary N) is 1. The molecule has 2 rings (SSSR count). The summed E-state index contributed by atoms with van der Waals surface area (Å²) >= 11 is 0. The Balaban J connectivity index is 2.19. The molecule has 1 heterocycles. The van der Waals surface area contributed by atoms with Crippen molar-refractivity contribution in [2.24, 2.45) is 10.9 Å². The maximum absolute atomic E-state index is 9.75. The van der Waals surface area contributed by atoms with E-state index in [1.165, 1.54) is 6.21 Å². The number of phenolic OH excluding ortho intramolecular Hbond substituents is 1. The largest absolute Gasteiger partial charge is 0.507 e. The highest BCUT2D eigenvalue weighted by Gasteiger charge is 2.12. The van der Waals surface area contributed by atoms with Gasteiger partial charge in [0.25, 0.3) is 0 Å². The fourth-order valence-electron chi connectivity index (χ4n) is 1.74. The van der Waals surface area contributed by atoms with Gasteiger partial charge in [-0.25, -0.2) is 0 Å². The van der Waals surface area contributed by atoms with Crippen LogP contribution in [0.2, 0.25) is 0 Å². The third-order valence-corrected chi connectivity index (χ3v) is 2.60. The van der Waals surface area contributed by atoms with E-state index >= 15 is 0 Å². The second-order valence-corrected chi connectivity index (χ2v) is 3.62. The minimum Gasteiger partial charge on any atom is -0.507 e. The number of hydrazone groups is 1. The highest BCUT2D eigenvalue weighted by atomic mass is 16.5. The highest BCUT2D eigenvalue weighted by Crippen LogP contribution is 2.24. The van der Waals surface area contributed by atoms with Gasteiger partial charge in [-0.05, 0) is 12.1 Å². The summed E-state index contributed by atoms with van der Waals surface area (Å²) in [6.45, 7) is 3.16. The van der Waals surface area contributed by atoms with Crippen molar-refractivity contribution in [1.29, 1.82) is 0 Å². The third kappa shape index (κ3) is 2.25. The lowest BCUT2D eigenvalue weighted by Gasteiger charge is -2.29. The van der Waals surface area contributed by atoms with Crippen molar-refractivity contribution in [3.8, 4) is 5.75 Å². The Labute approximate surface area is 94.1 Å². The van der Waals surface area contributed by atoms with Gasteiger partial charge in [0, 0.05) is 30.4 Å². The molecule has 0 radical (unpaired) electrons. The molecule has 0 atom stereocenters. The van der Waals surface area contributed by atoms with E-state index in [1.54, 1.807) is 12.1 Å². The molecule has 86 valence electrons. The Kier molecular flexibility index (Phi) is 3.26. The Bertz CT molecular complexity index is 387. The van der Waals surface area contributed by atoms with Crippen LogP contribution < -0.4 is 10.7 Å². The van der Waals surface area contributed by atoms with Crippen molar-refractivity contribution in [3.05, 3.63) is 23.8 Å². The molecule has 1 aliphatic heterocycles. The molecule has 1 saturated heterocycles. The van der Waals surface area contributed by atoms with Crippen molar-refractivity contribution in [2.75, 3.05) is 31.2 Å². The normalized spacial score (nSPS) is 16.9. The SMILES string of the molecule is NN=Cc1ccc(N2CCOCC2)cc1O. The zero-order valence-electron chi connectivity index (χ0n) is 8.97. The lowest BCUT2D eigenvalue weighted by atomic mass is 10.2. The Morgan fingerprint density at radius 1 is 1.38 bits per heavy atom. The van der Waals surface area contributed by atoms with Crippen molar-refractivity contribution < 1.29 is 9.84 Å². The number of benzene rings is 1. The van der Waals surface area contributed by atoms with Gasteiger partial charge in [-0.15, -0.1) is 0 Å². The lowest BCUT2D eigenvalue weighted by molar-refractivity contribution is 0.122. The minimum atomic E-state index is 0.193. The fourth-order valence-corrected chi connectivity index (χ4v) is 1.74. The molecule has 1 aromatic rings. The van der Waals surface area contributed by atoms with Gasteiger partial charge < -0.3 is 20.6 Å². The Morgan fingerprint density at radius 3 is 2.75 bits per heavy atom. The van der Waals surface area contributed by atoms with Crippen LogP contribution in [0.3, 0.4) is 0 Å². The first-order chi connectivity index (χ1) is 7.81. The van der Waals surface area contributed by atoms with Crippen LogP contribution in [0.15, 0.2) is 23.3 Å². The number of hydrogen-bond donors (Lipinski definition) is 2. The summed E-state index contributed by atoms with van der Waals surface area (Å²) in [6, 6.07) is 5.47. The first kappa shape index (κ1) is 10.8. The van der Waals surface area contributed by atoms with Gasteiger partial charge in [0.1, 0.15) is 5.75 Å².